The number of amides is 6. The molecule has 2 unspecified atom stereocenters. The highest BCUT2D eigenvalue weighted by Gasteiger charge is 2.32. The van der Waals surface area contributed by atoms with Gasteiger partial charge in [0.2, 0.25) is 5.91 Å². The molecule has 76 heavy (non-hydrogen) atoms. The minimum atomic E-state index is -1.45. The SMILES string of the molecule is C/C=C(/NC(=O)c1csc(-c2csc(-c3ccc4c(n3)-c3csc(n3)[C@H]([C@@H](C)O)NC(=O)c3csc(n3)[C@H](C(C)C)NC(=O)c3csc(n3)/C(=C\C)NC(=O)C(C(C)O)NC(=O)c3csc-4n3)n2)n1)C(=O)NC[C@@H](C)O. The Labute approximate surface area is 458 Å². The molecule has 28 heteroatoms. The summed E-state index contributed by atoms with van der Waals surface area (Å²) in [6.07, 6.45) is -0.261. The van der Waals surface area contributed by atoms with E-state index in [0.717, 1.165) is 34.0 Å². The summed E-state index contributed by atoms with van der Waals surface area (Å²) in [7, 11) is 0. The van der Waals surface area contributed by atoms with Crippen molar-refractivity contribution in [3.63, 3.8) is 0 Å². The zero-order valence-electron chi connectivity index (χ0n) is 41.4. The van der Waals surface area contributed by atoms with E-state index in [1.807, 2.05) is 13.8 Å². The number of aromatic nitrogens is 7. The third kappa shape index (κ3) is 12.5. The molecule has 0 aromatic carbocycles. The number of carbonyl (C=O) groups is 6. The van der Waals surface area contributed by atoms with Crippen molar-refractivity contribution in [3.05, 3.63) is 100 Å². The van der Waals surface area contributed by atoms with Crippen LogP contribution in [-0.4, -0.2) is 117 Å². The number of carbonyl (C=O) groups excluding carboxylic acids is 6. The third-order valence-electron chi connectivity index (χ3n) is 11.2. The molecule has 22 nitrogen and oxygen atoms in total. The number of pyridine rings is 1. The van der Waals surface area contributed by atoms with E-state index in [0.29, 0.717) is 53.4 Å². The molecule has 7 aromatic rings. The van der Waals surface area contributed by atoms with Crippen LogP contribution in [0.15, 0.2) is 62.3 Å². The van der Waals surface area contributed by atoms with Crippen LogP contribution in [0.4, 0.5) is 0 Å². The lowest BCUT2D eigenvalue weighted by Crippen LogP contribution is -2.52. The molecule has 0 spiro atoms. The second kappa shape index (κ2) is 24.0. The molecule has 0 aliphatic carbocycles. The van der Waals surface area contributed by atoms with E-state index in [1.54, 1.807) is 48.2 Å². The van der Waals surface area contributed by atoms with Gasteiger partial charge in [-0.25, -0.2) is 34.9 Å². The first kappa shape index (κ1) is 55.3. The Morgan fingerprint density at radius 2 is 1.13 bits per heavy atom. The number of rotatable bonds is 10. The Bertz CT molecular complexity index is 3380. The number of aliphatic hydroxyl groups is 3. The molecule has 0 radical (unpaired) electrons. The standard InChI is InChI=1S/C48H49N13O9S6/c1-8-24(37(65)49-12-20(5)62)51-38(66)28-15-73-46(56-28)32-18-74-45(58-32)26-11-10-23-36(50-26)27-13-75-48(53-27)35(22(7)64)61-41(69)31-17-76-47(57-31)33(19(3)4)59-39(67)30-16-72-44(55-30)25(9-2)52-42(70)34(21(6)63)60-40(68)29-14-71-43(23)54-29/h8-11,13-22,33-35,62-64H,12H2,1-7H3,(H,49,65)(H,51,66)(H,52,70)(H,59,67)(H,60,68)(H,61,69)/b24-8+,25-9+/t20-,21?,22-,33+,34?,35+/m1/s1. The van der Waals surface area contributed by atoms with Gasteiger partial charge in [0.05, 0.1) is 35.7 Å². The van der Waals surface area contributed by atoms with Crippen molar-refractivity contribution < 1.29 is 44.1 Å². The fourth-order valence-electron chi connectivity index (χ4n) is 7.20. The Balaban J connectivity index is 1.15. The lowest BCUT2D eigenvalue weighted by molar-refractivity contribution is -0.124. The fraction of sp³-hybridized carbons (Fsp3) is 0.312. The zero-order valence-corrected chi connectivity index (χ0v) is 46.3. The van der Waals surface area contributed by atoms with Crippen molar-refractivity contribution in [2.24, 2.45) is 5.92 Å². The number of nitrogens with one attached hydrogen (secondary N) is 6. The molecule has 1 aliphatic heterocycles. The molecule has 9 N–H and O–H groups in total. The second-order valence-corrected chi connectivity index (χ2v) is 22.6. The molecular weight excluding hydrogens is 1100 g/mol. The molecule has 0 saturated carbocycles. The molecule has 8 heterocycles. The number of hydrogen-bond acceptors (Lipinski definition) is 22. The maximum absolute atomic E-state index is 13.9. The molecule has 7 aromatic heterocycles. The van der Waals surface area contributed by atoms with E-state index < -0.39 is 71.9 Å². The summed E-state index contributed by atoms with van der Waals surface area (Å²) in [5, 5.41) is 59.6. The van der Waals surface area contributed by atoms with Gasteiger partial charge < -0.3 is 47.2 Å². The van der Waals surface area contributed by atoms with Crippen LogP contribution in [-0.2, 0) is 9.59 Å². The summed E-state index contributed by atoms with van der Waals surface area (Å²) >= 11 is 6.97. The van der Waals surface area contributed by atoms with Gasteiger partial charge in [0.1, 0.15) is 87.7 Å². The normalized spacial score (nSPS) is 18.5. The lowest BCUT2D eigenvalue weighted by Gasteiger charge is -2.21. The van der Waals surface area contributed by atoms with Crippen molar-refractivity contribution in [3.8, 4) is 43.4 Å². The second-order valence-electron chi connectivity index (χ2n) is 17.4. The first-order chi connectivity index (χ1) is 36.3. The quantitative estimate of drug-likeness (QED) is 0.0756. The minimum Gasteiger partial charge on any atom is -0.392 e. The van der Waals surface area contributed by atoms with Crippen molar-refractivity contribution in [1.82, 2.24) is 66.8 Å². The van der Waals surface area contributed by atoms with E-state index in [1.165, 1.54) is 77.0 Å². The van der Waals surface area contributed by atoms with Crippen LogP contribution < -0.4 is 31.9 Å². The number of fused-ring (bicyclic) bond motifs is 11. The number of allylic oxidation sites excluding steroid dienone is 2. The smallest absolute Gasteiger partial charge is 0.275 e. The van der Waals surface area contributed by atoms with Gasteiger partial charge in [0, 0.05) is 44.4 Å². The van der Waals surface area contributed by atoms with Gasteiger partial charge in [-0.3, -0.25) is 28.8 Å². The molecule has 6 amide bonds. The molecule has 8 bridgehead atoms. The molecule has 0 saturated heterocycles. The number of aliphatic hydroxyl groups excluding tert-OH is 3. The summed E-state index contributed by atoms with van der Waals surface area (Å²) in [6.45, 7) is 11.4. The van der Waals surface area contributed by atoms with Gasteiger partial charge in [-0.1, -0.05) is 26.0 Å². The summed E-state index contributed by atoms with van der Waals surface area (Å²) in [6, 6.07) is 0.366. The fourth-order valence-corrected chi connectivity index (χ4v) is 12.4. The van der Waals surface area contributed by atoms with E-state index in [4.69, 9.17) is 15.0 Å². The molecule has 1 aliphatic rings. The highest BCUT2D eigenvalue weighted by Crippen LogP contribution is 2.38. The van der Waals surface area contributed by atoms with Gasteiger partial charge >= 0.3 is 0 Å². The lowest BCUT2D eigenvalue weighted by atomic mass is 10.1. The molecule has 0 fully saturated rings. The van der Waals surface area contributed by atoms with Crippen molar-refractivity contribution in [1.29, 1.82) is 0 Å². The first-order valence-corrected chi connectivity index (χ1v) is 28.6. The predicted octanol–water partition coefficient (Wildman–Crippen LogP) is 5.57. The molecule has 6 atom stereocenters. The van der Waals surface area contributed by atoms with Crippen LogP contribution >= 0.6 is 68.0 Å². The Kier molecular flexibility index (Phi) is 17.5. The van der Waals surface area contributed by atoms with Gasteiger partial charge in [-0.2, -0.15) is 0 Å². The zero-order chi connectivity index (χ0) is 54.5. The van der Waals surface area contributed by atoms with Crippen LogP contribution in [0.1, 0.15) is 118 Å². The van der Waals surface area contributed by atoms with Crippen molar-refractivity contribution in [2.75, 3.05) is 6.54 Å². The minimum absolute atomic E-state index is 0.00119. The highest BCUT2D eigenvalue weighted by molar-refractivity contribution is 7.15. The summed E-state index contributed by atoms with van der Waals surface area (Å²) in [4.78, 5) is 114. The van der Waals surface area contributed by atoms with Crippen molar-refractivity contribution in [2.45, 2.75) is 84.9 Å². The van der Waals surface area contributed by atoms with Gasteiger partial charge in [0.25, 0.3) is 29.5 Å². The van der Waals surface area contributed by atoms with Crippen LogP contribution in [0.3, 0.4) is 0 Å². The third-order valence-corrected chi connectivity index (χ3v) is 16.6. The maximum atomic E-state index is 13.9. The van der Waals surface area contributed by atoms with Gasteiger partial charge in [-0.15, -0.1) is 68.0 Å². The first-order valence-electron chi connectivity index (χ1n) is 23.3. The van der Waals surface area contributed by atoms with Crippen LogP contribution in [0.2, 0.25) is 0 Å². The van der Waals surface area contributed by atoms with E-state index in [2.05, 4.69) is 51.8 Å². The van der Waals surface area contributed by atoms with Crippen LogP contribution in [0.5, 0.6) is 0 Å². The summed E-state index contributed by atoms with van der Waals surface area (Å²) in [5.41, 5.74) is 2.26. The largest absolute Gasteiger partial charge is 0.392 e. The Morgan fingerprint density at radius 1 is 0.605 bits per heavy atom. The van der Waals surface area contributed by atoms with Gasteiger partial charge in [-0.05, 0) is 52.7 Å². The maximum Gasteiger partial charge on any atom is 0.275 e. The summed E-state index contributed by atoms with van der Waals surface area (Å²) < 4.78 is 0. The molecule has 396 valence electrons. The average Bonchev–Trinajstić information content (AvgIpc) is 4.26. The van der Waals surface area contributed by atoms with E-state index >= 15 is 0 Å². The van der Waals surface area contributed by atoms with Gasteiger partial charge in [0.15, 0.2) is 0 Å². The molecule has 8 rings (SSSR count). The van der Waals surface area contributed by atoms with Crippen molar-refractivity contribution >= 4 is 109 Å². The topological polar surface area (TPSA) is 326 Å². The number of hydrogen-bond donors (Lipinski definition) is 9. The number of nitrogens with zero attached hydrogens (tertiary/aromatic N) is 7. The van der Waals surface area contributed by atoms with E-state index in [-0.39, 0.29) is 51.6 Å². The predicted molar refractivity (Wildman–Crippen MR) is 290 cm³/mol. The summed E-state index contributed by atoms with van der Waals surface area (Å²) in [5.74, 6) is -4.00. The highest BCUT2D eigenvalue weighted by atomic mass is 32.1. The van der Waals surface area contributed by atoms with Crippen LogP contribution in [0.25, 0.3) is 49.1 Å². The monoisotopic (exact) mass is 1140 g/mol. The molecular formula is C48H49N13O9S6. The Morgan fingerprint density at radius 3 is 1.78 bits per heavy atom. The Hall–Kier alpha value is -6.89. The average molecular weight is 1140 g/mol. The van der Waals surface area contributed by atoms with Crippen LogP contribution in [0, 0.1) is 5.92 Å². The number of thiazole rings is 6. The van der Waals surface area contributed by atoms with E-state index in [9.17, 15) is 44.1 Å².